The van der Waals surface area contributed by atoms with Gasteiger partial charge in [0.25, 0.3) is 0 Å². The number of hydrogen-bond acceptors (Lipinski definition) is 3. The van der Waals surface area contributed by atoms with E-state index < -0.39 is 16.0 Å². The van der Waals surface area contributed by atoms with Gasteiger partial charge in [-0.25, -0.2) is 17.9 Å². The number of nitrogens with one attached hydrogen (secondary N) is 1. The molecule has 1 atom stereocenters. The van der Waals surface area contributed by atoms with E-state index in [0.717, 1.165) is 6.42 Å². The van der Waals surface area contributed by atoms with E-state index in [1.165, 1.54) is 18.2 Å². The number of rotatable bonds is 6. The Morgan fingerprint density at radius 1 is 1.35 bits per heavy atom. The molecule has 0 aliphatic carbocycles. The summed E-state index contributed by atoms with van der Waals surface area (Å²) in [5, 5.41) is 8.86. The largest absolute Gasteiger partial charge is 0.478 e. The van der Waals surface area contributed by atoms with E-state index in [1.54, 1.807) is 6.92 Å². The minimum absolute atomic E-state index is 0.0334. The summed E-state index contributed by atoms with van der Waals surface area (Å²) in [6, 6.07) is 3.66. The van der Waals surface area contributed by atoms with E-state index in [-0.39, 0.29) is 21.0 Å². The molecule has 0 aliphatic heterocycles. The lowest BCUT2D eigenvalue weighted by Crippen LogP contribution is -2.33. The van der Waals surface area contributed by atoms with Crippen molar-refractivity contribution in [1.29, 1.82) is 0 Å². The van der Waals surface area contributed by atoms with Gasteiger partial charge in [0.1, 0.15) is 0 Å². The highest BCUT2D eigenvalue weighted by Gasteiger charge is 2.21. The molecule has 0 amide bonds. The van der Waals surface area contributed by atoms with Crippen LogP contribution in [0.25, 0.3) is 0 Å². The van der Waals surface area contributed by atoms with Gasteiger partial charge in [-0.05, 0) is 53.4 Å². The van der Waals surface area contributed by atoms with E-state index in [1.807, 2.05) is 13.8 Å². The first-order valence-corrected chi connectivity index (χ1v) is 8.46. The Bertz CT molecular complexity index is 598. The molecule has 0 heterocycles. The summed E-state index contributed by atoms with van der Waals surface area (Å²) in [5.41, 5.74) is 0.0334. The molecular weight excluding hydrogens is 346 g/mol. The average Bonchev–Trinajstić information content (AvgIpc) is 2.25. The lowest BCUT2D eigenvalue weighted by atomic mass is 10.1. The van der Waals surface area contributed by atoms with E-state index in [9.17, 15) is 13.2 Å². The molecular formula is C13H18BrNO4S. The van der Waals surface area contributed by atoms with Gasteiger partial charge in [-0.15, -0.1) is 0 Å². The predicted octanol–water partition coefficient (Wildman–Crippen LogP) is 2.86. The van der Waals surface area contributed by atoms with Crippen molar-refractivity contribution in [3.63, 3.8) is 0 Å². The maximum atomic E-state index is 12.2. The van der Waals surface area contributed by atoms with Gasteiger partial charge in [-0.3, -0.25) is 0 Å². The summed E-state index contributed by atoms with van der Waals surface area (Å²) in [4.78, 5) is 10.9. The second kappa shape index (κ2) is 6.69. The monoisotopic (exact) mass is 363 g/mol. The molecule has 1 rings (SSSR count). The van der Waals surface area contributed by atoms with Crippen LogP contribution in [-0.4, -0.2) is 25.5 Å². The number of hydrogen-bond donors (Lipinski definition) is 2. The van der Waals surface area contributed by atoms with Gasteiger partial charge in [0.15, 0.2) is 0 Å². The van der Waals surface area contributed by atoms with Gasteiger partial charge >= 0.3 is 5.97 Å². The summed E-state index contributed by atoms with van der Waals surface area (Å²) in [6.45, 7) is 5.84. The lowest BCUT2D eigenvalue weighted by Gasteiger charge is -2.16. The van der Waals surface area contributed by atoms with E-state index >= 15 is 0 Å². The molecule has 0 spiro atoms. The van der Waals surface area contributed by atoms with E-state index in [0.29, 0.717) is 5.92 Å². The molecule has 2 N–H and O–H groups in total. The fraction of sp³-hybridized carbons (Fsp3) is 0.462. The van der Waals surface area contributed by atoms with Crippen molar-refractivity contribution < 1.29 is 18.3 Å². The van der Waals surface area contributed by atoms with Gasteiger partial charge in [0, 0.05) is 10.5 Å². The molecule has 0 aliphatic rings. The third kappa shape index (κ3) is 4.57. The van der Waals surface area contributed by atoms with Crippen molar-refractivity contribution in [1.82, 2.24) is 4.72 Å². The molecule has 0 fully saturated rings. The molecule has 0 radical (unpaired) electrons. The zero-order valence-corrected chi connectivity index (χ0v) is 14.0. The van der Waals surface area contributed by atoms with Crippen molar-refractivity contribution in [3.8, 4) is 0 Å². The fourth-order valence-electron chi connectivity index (χ4n) is 1.94. The highest BCUT2D eigenvalue weighted by atomic mass is 79.9. The van der Waals surface area contributed by atoms with Crippen molar-refractivity contribution in [3.05, 3.63) is 28.2 Å². The molecule has 1 unspecified atom stereocenters. The number of carboxylic acids is 1. The van der Waals surface area contributed by atoms with Crippen molar-refractivity contribution in [2.24, 2.45) is 5.92 Å². The summed E-state index contributed by atoms with van der Waals surface area (Å²) in [5.74, 6) is -0.721. The average molecular weight is 364 g/mol. The second-order valence-corrected chi connectivity index (χ2v) is 7.64. The maximum Gasteiger partial charge on any atom is 0.335 e. The fourth-order valence-corrected chi connectivity index (χ4v) is 4.27. The van der Waals surface area contributed by atoms with Crippen LogP contribution in [0.4, 0.5) is 0 Å². The molecule has 7 heteroatoms. The van der Waals surface area contributed by atoms with Gasteiger partial charge in [0.2, 0.25) is 10.0 Å². The SMILES string of the molecule is CC(C)CC(C)NS(=O)(=O)c1ccc(C(=O)O)cc1Br. The van der Waals surface area contributed by atoms with Crippen LogP contribution in [0.5, 0.6) is 0 Å². The van der Waals surface area contributed by atoms with Gasteiger partial charge < -0.3 is 5.11 Å². The van der Waals surface area contributed by atoms with E-state index in [4.69, 9.17) is 5.11 Å². The predicted molar refractivity (Wildman–Crippen MR) is 80.3 cm³/mol. The zero-order chi connectivity index (χ0) is 15.5. The van der Waals surface area contributed by atoms with Crippen molar-refractivity contribution in [2.75, 3.05) is 0 Å². The first-order chi connectivity index (χ1) is 9.13. The summed E-state index contributed by atoms with van der Waals surface area (Å²) < 4.78 is 27.3. The number of sulfonamides is 1. The first-order valence-electron chi connectivity index (χ1n) is 6.18. The van der Waals surface area contributed by atoms with Crippen LogP contribution in [0.2, 0.25) is 0 Å². The molecule has 0 saturated carbocycles. The molecule has 1 aromatic carbocycles. The van der Waals surface area contributed by atoms with Crippen molar-refractivity contribution in [2.45, 2.75) is 38.1 Å². The summed E-state index contributed by atoms with van der Waals surface area (Å²) in [6.07, 6.45) is 0.726. The van der Waals surface area contributed by atoms with E-state index in [2.05, 4.69) is 20.7 Å². The van der Waals surface area contributed by atoms with Crippen LogP contribution in [0.15, 0.2) is 27.6 Å². The van der Waals surface area contributed by atoms with Crippen LogP contribution < -0.4 is 4.72 Å². The zero-order valence-electron chi connectivity index (χ0n) is 11.6. The number of halogens is 1. The van der Waals surface area contributed by atoms with Crippen LogP contribution in [0.3, 0.4) is 0 Å². The lowest BCUT2D eigenvalue weighted by molar-refractivity contribution is 0.0696. The molecule has 0 saturated heterocycles. The minimum Gasteiger partial charge on any atom is -0.478 e. The molecule has 112 valence electrons. The normalized spacial score (nSPS) is 13.4. The Morgan fingerprint density at radius 2 is 1.95 bits per heavy atom. The molecule has 20 heavy (non-hydrogen) atoms. The van der Waals surface area contributed by atoms with Gasteiger partial charge in [-0.1, -0.05) is 13.8 Å². The number of carboxylic acid groups (broad SMARTS) is 1. The Morgan fingerprint density at radius 3 is 2.40 bits per heavy atom. The first kappa shape index (κ1) is 17.1. The Labute approximate surface area is 127 Å². The van der Waals surface area contributed by atoms with Gasteiger partial charge in [-0.2, -0.15) is 0 Å². The standard InChI is InChI=1S/C13H18BrNO4S/c1-8(2)6-9(3)15-20(18,19)12-5-4-10(13(16)17)7-11(12)14/h4-5,7-9,15H,6H2,1-3H3,(H,16,17). The third-order valence-electron chi connectivity index (χ3n) is 2.65. The molecule has 1 aromatic rings. The Balaban J connectivity index is 3.01. The number of carbonyl (C=O) groups is 1. The smallest absolute Gasteiger partial charge is 0.335 e. The highest BCUT2D eigenvalue weighted by Crippen LogP contribution is 2.24. The number of benzene rings is 1. The number of aromatic carboxylic acids is 1. The van der Waals surface area contributed by atoms with Gasteiger partial charge in [0.05, 0.1) is 10.5 Å². The Kier molecular flexibility index (Phi) is 5.73. The minimum atomic E-state index is -3.67. The molecule has 0 bridgehead atoms. The summed E-state index contributed by atoms with van der Waals surface area (Å²) >= 11 is 3.11. The summed E-state index contributed by atoms with van der Waals surface area (Å²) in [7, 11) is -3.67. The Hall–Kier alpha value is -0.920. The molecule has 5 nitrogen and oxygen atoms in total. The second-order valence-electron chi connectivity index (χ2n) is 5.10. The van der Waals surface area contributed by atoms with Crippen LogP contribution in [0.1, 0.15) is 37.6 Å². The van der Waals surface area contributed by atoms with Crippen LogP contribution >= 0.6 is 15.9 Å². The van der Waals surface area contributed by atoms with Crippen molar-refractivity contribution >= 4 is 31.9 Å². The highest BCUT2D eigenvalue weighted by molar-refractivity contribution is 9.10. The maximum absolute atomic E-state index is 12.2. The topological polar surface area (TPSA) is 83.5 Å². The van der Waals surface area contributed by atoms with Crippen LogP contribution in [0, 0.1) is 5.92 Å². The van der Waals surface area contributed by atoms with Crippen LogP contribution in [-0.2, 0) is 10.0 Å². The molecule has 0 aromatic heterocycles. The third-order valence-corrected chi connectivity index (χ3v) is 5.22. The quantitative estimate of drug-likeness (QED) is 0.813.